The van der Waals surface area contributed by atoms with Gasteiger partial charge in [0.15, 0.2) is 0 Å². The highest BCUT2D eigenvalue weighted by atomic mass is 16.2. The van der Waals surface area contributed by atoms with E-state index in [0.29, 0.717) is 12.1 Å². The quantitative estimate of drug-likeness (QED) is 0.761. The summed E-state index contributed by atoms with van der Waals surface area (Å²) in [4.78, 5) is 28.8. The Morgan fingerprint density at radius 3 is 2.56 bits per heavy atom. The van der Waals surface area contributed by atoms with E-state index in [2.05, 4.69) is 15.6 Å². The molecule has 0 aliphatic heterocycles. The number of nitrogens with zero attached hydrogens (tertiary/aromatic N) is 1. The molecule has 25 heavy (non-hydrogen) atoms. The summed E-state index contributed by atoms with van der Waals surface area (Å²) < 4.78 is 0. The highest BCUT2D eigenvalue weighted by molar-refractivity contribution is 5.95. The third-order valence-electron chi connectivity index (χ3n) is 3.93. The molecular formula is C20H21N3O2. The molecule has 5 nitrogen and oxygen atoms in total. The molecule has 3 rings (SSSR count). The molecule has 1 heterocycles. The van der Waals surface area contributed by atoms with Crippen molar-refractivity contribution in [3.8, 4) is 0 Å². The van der Waals surface area contributed by atoms with Gasteiger partial charge in [0.2, 0.25) is 11.8 Å². The van der Waals surface area contributed by atoms with Gasteiger partial charge in [0.1, 0.15) is 6.04 Å². The first-order valence-electron chi connectivity index (χ1n) is 8.44. The summed E-state index contributed by atoms with van der Waals surface area (Å²) in [5, 5.41) is 5.77. The van der Waals surface area contributed by atoms with Crippen LogP contribution in [0.25, 0.3) is 6.08 Å². The molecule has 5 heteroatoms. The van der Waals surface area contributed by atoms with Crippen molar-refractivity contribution < 1.29 is 9.59 Å². The Bertz CT molecular complexity index is 740. The molecule has 2 N–H and O–H groups in total. The van der Waals surface area contributed by atoms with Gasteiger partial charge in [-0.3, -0.25) is 14.6 Å². The fourth-order valence-electron chi connectivity index (χ4n) is 2.44. The van der Waals surface area contributed by atoms with Gasteiger partial charge in [0, 0.05) is 24.7 Å². The molecule has 1 aromatic carbocycles. The van der Waals surface area contributed by atoms with Crippen LogP contribution in [0.1, 0.15) is 24.1 Å². The predicted octanol–water partition coefficient (Wildman–Crippen LogP) is 2.10. The van der Waals surface area contributed by atoms with Gasteiger partial charge < -0.3 is 10.6 Å². The number of rotatable bonds is 7. The Kier molecular flexibility index (Phi) is 5.57. The van der Waals surface area contributed by atoms with Crippen molar-refractivity contribution in [1.29, 1.82) is 0 Å². The lowest BCUT2D eigenvalue weighted by Crippen LogP contribution is -2.48. The topological polar surface area (TPSA) is 71.1 Å². The van der Waals surface area contributed by atoms with E-state index in [1.807, 2.05) is 48.5 Å². The van der Waals surface area contributed by atoms with Crippen molar-refractivity contribution in [2.24, 2.45) is 0 Å². The first-order chi connectivity index (χ1) is 12.2. The molecule has 2 amide bonds. The first kappa shape index (κ1) is 16.9. The molecule has 1 unspecified atom stereocenters. The Morgan fingerprint density at radius 1 is 1.12 bits per heavy atom. The zero-order valence-electron chi connectivity index (χ0n) is 13.9. The Hall–Kier alpha value is -2.95. The van der Waals surface area contributed by atoms with Gasteiger partial charge in [-0.05, 0) is 36.6 Å². The molecule has 128 valence electrons. The number of carbonyl (C=O) groups excluding carboxylic acids is 2. The van der Waals surface area contributed by atoms with E-state index in [-0.39, 0.29) is 17.9 Å². The molecule has 2 aromatic rings. The van der Waals surface area contributed by atoms with Gasteiger partial charge in [-0.25, -0.2) is 0 Å². The van der Waals surface area contributed by atoms with Gasteiger partial charge in [-0.15, -0.1) is 0 Å². The number of pyridine rings is 1. The first-order valence-corrected chi connectivity index (χ1v) is 8.44. The number of hydrogen-bond acceptors (Lipinski definition) is 3. The minimum Gasteiger partial charge on any atom is -0.352 e. The third-order valence-corrected chi connectivity index (χ3v) is 3.93. The van der Waals surface area contributed by atoms with Crippen molar-refractivity contribution in [3.05, 3.63) is 72.1 Å². The van der Waals surface area contributed by atoms with E-state index >= 15 is 0 Å². The van der Waals surface area contributed by atoms with E-state index in [9.17, 15) is 9.59 Å². The average molecular weight is 335 g/mol. The molecule has 0 bridgehead atoms. The molecular weight excluding hydrogens is 314 g/mol. The third kappa shape index (κ3) is 5.57. The second-order valence-electron chi connectivity index (χ2n) is 6.12. The van der Waals surface area contributed by atoms with Gasteiger partial charge >= 0.3 is 0 Å². The Morgan fingerprint density at radius 2 is 1.88 bits per heavy atom. The maximum atomic E-state index is 12.4. The molecule has 1 atom stereocenters. The zero-order chi connectivity index (χ0) is 17.5. The van der Waals surface area contributed by atoms with Crippen molar-refractivity contribution in [2.45, 2.75) is 31.3 Å². The molecule has 0 spiro atoms. The molecule has 1 aliphatic carbocycles. The van der Waals surface area contributed by atoms with Crippen molar-refractivity contribution >= 4 is 17.9 Å². The zero-order valence-corrected chi connectivity index (χ0v) is 13.9. The minimum atomic E-state index is -0.594. The Balaban J connectivity index is 1.64. The van der Waals surface area contributed by atoms with Crippen molar-refractivity contribution in [1.82, 2.24) is 15.6 Å². The number of nitrogens with one attached hydrogen (secondary N) is 2. The fourth-order valence-corrected chi connectivity index (χ4v) is 2.44. The van der Waals surface area contributed by atoms with Crippen LogP contribution in [0.5, 0.6) is 0 Å². The predicted molar refractivity (Wildman–Crippen MR) is 96.5 cm³/mol. The second-order valence-corrected chi connectivity index (χ2v) is 6.12. The van der Waals surface area contributed by atoms with Crippen LogP contribution in [-0.2, 0) is 16.0 Å². The highest BCUT2D eigenvalue weighted by Gasteiger charge is 2.28. The maximum absolute atomic E-state index is 12.4. The summed E-state index contributed by atoms with van der Waals surface area (Å²) in [6.07, 6.45) is 7.19. The van der Waals surface area contributed by atoms with Crippen LogP contribution in [0.15, 0.2) is 60.8 Å². The normalized spacial score (nSPS) is 14.9. The number of aromatic nitrogens is 1. The van der Waals surface area contributed by atoms with E-state index in [4.69, 9.17) is 0 Å². The fraction of sp³-hybridized carbons (Fsp3) is 0.250. The highest BCUT2D eigenvalue weighted by Crippen LogP contribution is 2.19. The van der Waals surface area contributed by atoms with Crippen LogP contribution in [0.3, 0.4) is 0 Å². The van der Waals surface area contributed by atoms with Gasteiger partial charge in [-0.1, -0.05) is 36.4 Å². The summed E-state index contributed by atoms with van der Waals surface area (Å²) in [5.41, 5.74) is 1.70. The summed E-state index contributed by atoms with van der Waals surface area (Å²) in [5.74, 6) is -0.441. The van der Waals surface area contributed by atoms with Gasteiger partial charge in [-0.2, -0.15) is 0 Å². The van der Waals surface area contributed by atoms with Crippen LogP contribution in [0, 0.1) is 0 Å². The van der Waals surface area contributed by atoms with Crippen LogP contribution >= 0.6 is 0 Å². The maximum Gasteiger partial charge on any atom is 0.244 e. The molecule has 1 aromatic heterocycles. The molecule has 0 radical (unpaired) electrons. The smallest absolute Gasteiger partial charge is 0.244 e. The largest absolute Gasteiger partial charge is 0.352 e. The lowest BCUT2D eigenvalue weighted by Gasteiger charge is -2.17. The summed E-state index contributed by atoms with van der Waals surface area (Å²) >= 11 is 0. The molecule has 0 saturated heterocycles. The number of hydrogen-bond donors (Lipinski definition) is 2. The van der Waals surface area contributed by atoms with Crippen molar-refractivity contribution in [2.75, 3.05) is 0 Å². The number of carbonyl (C=O) groups is 2. The lowest BCUT2D eigenvalue weighted by atomic mass is 10.1. The minimum absolute atomic E-state index is 0.133. The van der Waals surface area contributed by atoms with Gasteiger partial charge in [0.05, 0.1) is 5.69 Å². The van der Waals surface area contributed by atoms with Gasteiger partial charge in [0.25, 0.3) is 0 Å². The van der Waals surface area contributed by atoms with Crippen molar-refractivity contribution in [3.63, 3.8) is 0 Å². The molecule has 1 saturated carbocycles. The van der Waals surface area contributed by atoms with Crippen LogP contribution in [-0.4, -0.2) is 28.9 Å². The molecule has 1 aliphatic rings. The Labute approximate surface area is 147 Å². The lowest BCUT2D eigenvalue weighted by molar-refractivity contribution is -0.127. The number of benzene rings is 1. The standard InChI is InChI=1S/C20H21N3O2/c24-19(12-11-16-8-4-5-13-21-16)23-18(20(25)22-17-9-10-17)14-15-6-2-1-3-7-15/h1-8,11-13,17-18H,9-10,14H2,(H,22,25)(H,23,24)/b12-11+. The summed E-state index contributed by atoms with van der Waals surface area (Å²) in [7, 11) is 0. The van der Waals surface area contributed by atoms with E-state index in [1.165, 1.54) is 6.08 Å². The van der Waals surface area contributed by atoms with Crippen LogP contribution in [0.4, 0.5) is 0 Å². The van der Waals surface area contributed by atoms with E-state index < -0.39 is 6.04 Å². The molecule has 1 fully saturated rings. The van der Waals surface area contributed by atoms with Crippen LogP contribution < -0.4 is 10.6 Å². The monoisotopic (exact) mass is 335 g/mol. The SMILES string of the molecule is O=C(/C=C/c1ccccn1)NC(Cc1ccccc1)C(=O)NC1CC1. The second kappa shape index (κ2) is 8.24. The van der Waals surface area contributed by atoms with E-state index in [0.717, 1.165) is 18.4 Å². The average Bonchev–Trinajstić information content (AvgIpc) is 3.45. The summed E-state index contributed by atoms with van der Waals surface area (Å²) in [6, 6.07) is 14.8. The van der Waals surface area contributed by atoms with E-state index in [1.54, 1.807) is 12.3 Å². The summed E-state index contributed by atoms with van der Waals surface area (Å²) in [6.45, 7) is 0. The number of amides is 2. The van der Waals surface area contributed by atoms with Crippen LogP contribution in [0.2, 0.25) is 0 Å².